The Hall–Kier alpha value is -4.05. The Balaban J connectivity index is 1.37. The number of nitrogens with one attached hydrogen (secondary N) is 2. The smallest absolute Gasteiger partial charge is 0.257 e. The number of hydrogen-bond donors (Lipinski definition) is 2. The maximum absolute atomic E-state index is 13.1. The standard InChI is InChI=1S/C23H19FN6O2S/c24-17-10-12-18(13-11-17)25-22(32)19-8-4-5-9-20(19)26-21(31)15-33-23-27-28-29-30(23)14-16-6-2-1-3-7-16/h1-13H,14-15H2,(H,25,32)(H,26,31). The third-order valence-electron chi connectivity index (χ3n) is 4.55. The van der Waals surface area contributed by atoms with Crippen molar-refractivity contribution in [3.8, 4) is 0 Å². The molecule has 0 spiro atoms. The molecule has 1 aromatic heterocycles. The van der Waals surface area contributed by atoms with E-state index in [2.05, 4.69) is 26.2 Å². The van der Waals surface area contributed by atoms with Crippen molar-refractivity contribution in [3.05, 3.63) is 95.8 Å². The van der Waals surface area contributed by atoms with Gasteiger partial charge >= 0.3 is 0 Å². The van der Waals surface area contributed by atoms with E-state index in [-0.39, 0.29) is 17.2 Å². The molecule has 10 heteroatoms. The summed E-state index contributed by atoms with van der Waals surface area (Å²) >= 11 is 1.20. The summed E-state index contributed by atoms with van der Waals surface area (Å²) in [5.41, 5.74) is 2.14. The zero-order chi connectivity index (χ0) is 23.0. The van der Waals surface area contributed by atoms with E-state index < -0.39 is 11.7 Å². The van der Waals surface area contributed by atoms with Crippen LogP contribution in [0.2, 0.25) is 0 Å². The minimum absolute atomic E-state index is 0.0586. The molecule has 0 saturated heterocycles. The van der Waals surface area contributed by atoms with Crippen molar-refractivity contribution in [2.45, 2.75) is 11.7 Å². The van der Waals surface area contributed by atoms with Crippen molar-refractivity contribution in [1.29, 1.82) is 0 Å². The lowest BCUT2D eigenvalue weighted by atomic mass is 10.1. The van der Waals surface area contributed by atoms with Crippen LogP contribution < -0.4 is 10.6 Å². The normalized spacial score (nSPS) is 10.6. The van der Waals surface area contributed by atoms with Gasteiger partial charge in [-0.2, -0.15) is 0 Å². The van der Waals surface area contributed by atoms with Gasteiger partial charge in [0, 0.05) is 5.69 Å². The highest BCUT2D eigenvalue weighted by atomic mass is 32.2. The van der Waals surface area contributed by atoms with Crippen LogP contribution in [-0.4, -0.2) is 37.8 Å². The second kappa shape index (κ2) is 10.5. The summed E-state index contributed by atoms with van der Waals surface area (Å²) < 4.78 is 14.7. The van der Waals surface area contributed by atoms with Gasteiger partial charge in [0.1, 0.15) is 5.82 Å². The summed E-state index contributed by atoms with van der Waals surface area (Å²) in [4.78, 5) is 25.2. The number of tetrazole rings is 1. The summed E-state index contributed by atoms with van der Waals surface area (Å²) in [7, 11) is 0. The second-order valence-corrected chi connectivity index (χ2v) is 7.89. The Bertz CT molecular complexity index is 1250. The lowest BCUT2D eigenvalue weighted by Crippen LogP contribution is -2.19. The molecule has 166 valence electrons. The molecule has 0 atom stereocenters. The van der Waals surface area contributed by atoms with Gasteiger partial charge in [-0.3, -0.25) is 9.59 Å². The summed E-state index contributed by atoms with van der Waals surface area (Å²) in [6.45, 7) is 0.490. The van der Waals surface area contributed by atoms with Gasteiger partial charge in [-0.15, -0.1) is 5.10 Å². The summed E-state index contributed by atoms with van der Waals surface area (Å²) in [6, 6.07) is 21.8. The number of para-hydroxylation sites is 1. The van der Waals surface area contributed by atoms with Crippen LogP contribution in [0.15, 0.2) is 84.0 Å². The average molecular weight is 463 g/mol. The van der Waals surface area contributed by atoms with E-state index in [1.54, 1.807) is 28.9 Å². The zero-order valence-corrected chi connectivity index (χ0v) is 18.1. The predicted molar refractivity (Wildman–Crippen MR) is 124 cm³/mol. The first kappa shape index (κ1) is 22.2. The molecule has 0 fully saturated rings. The molecule has 0 aliphatic rings. The van der Waals surface area contributed by atoms with E-state index in [1.165, 1.54) is 36.0 Å². The fourth-order valence-electron chi connectivity index (χ4n) is 2.99. The highest BCUT2D eigenvalue weighted by Crippen LogP contribution is 2.20. The molecule has 0 unspecified atom stereocenters. The number of hydrogen-bond acceptors (Lipinski definition) is 6. The van der Waals surface area contributed by atoms with Crippen molar-refractivity contribution in [1.82, 2.24) is 20.2 Å². The van der Waals surface area contributed by atoms with E-state index in [0.717, 1.165) is 5.56 Å². The summed E-state index contributed by atoms with van der Waals surface area (Å²) in [6.07, 6.45) is 0. The predicted octanol–water partition coefficient (Wildman–Crippen LogP) is 3.84. The fourth-order valence-corrected chi connectivity index (χ4v) is 3.67. The number of halogens is 1. The highest BCUT2D eigenvalue weighted by molar-refractivity contribution is 7.99. The Labute approximate surface area is 193 Å². The number of amides is 2. The average Bonchev–Trinajstić information content (AvgIpc) is 3.27. The molecule has 4 aromatic rings. The van der Waals surface area contributed by atoms with Crippen molar-refractivity contribution in [3.63, 3.8) is 0 Å². The van der Waals surface area contributed by atoms with Gasteiger partial charge in [-0.05, 0) is 52.4 Å². The minimum atomic E-state index is -0.419. The molecule has 0 bridgehead atoms. The van der Waals surface area contributed by atoms with E-state index in [0.29, 0.717) is 23.1 Å². The highest BCUT2D eigenvalue weighted by Gasteiger charge is 2.15. The molecular formula is C23H19FN6O2S. The Morgan fingerprint density at radius 3 is 2.42 bits per heavy atom. The van der Waals surface area contributed by atoms with Crippen molar-refractivity contribution < 1.29 is 14.0 Å². The molecule has 2 amide bonds. The van der Waals surface area contributed by atoms with Gasteiger partial charge in [-0.1, -0.05) is 54.2 Å². The van der Waals surface area contributed by atoms with E-state index in [1.807, 2.05) is 30.3 Å². The van der Waals surface area contributed by atoms with Gasteiger partial charge in [0.05, 0.1) is 23.5 Å². The third kappa shape index (κ3) is 6.01. The number of thioether (sulfide) groups is 1. The summed E-state index contributed by atoms with van der Waals surface area (Å²) in [5, 5.41) is 17.6. The Morgan fingerprint density at radius 1 is 0.909 bits per heavy atom. The molecule has 33 heavy (non-hydrogen) atoms. The molecular weight excluding hydrogens is 443 g/mol. The molecule has 4 rings (SSSR count). The molecule has 0 radical (unpaired) electrons. The number of rotatable bonds is 8. The van der Waals surface area contributed by atoms with Crippen LogP contribution in [-0.2, 0) is 11.3 Å². The van der Waals surface area contributed by atoms with Gasteiger partial charge in [0.25, 0.3) is 5.91 Å². The van der Waals surface area contributed by atoms with Crippen LogP contribution >= 0.6 is 11.8 Å². The lowest BCUT2D eigenvalue weighted by molar-refractivity contribution is -0.113. The molecule has 0 saturated carbocycles. The summed E-state index contributed by atoms with van der Waals surface area (Å²) in [5.74, 6) is -1.07. The van der Waals surface area contributed by atoms with Crippen LogP contribution in [0.4, 0.5) is 15.8 Å². The van der Waals surface area contributed by atoms with Crippen LogP contribution in [0.1, 0.15) is 15.9 Å². The maximum Gasteiger partial charge on any atom is 0.257 e. The van der Waals surface area contributed by atoms with Crippen LogP contribution in [0, 0.1) is 5.82 Å². The van der Waals surface area contributed by atoms with Crippen LogP contribution in [0.25, 0.3) is 0 Å². The van der Waals surface area contributed by atoms with Crippen LogP contribution in [0.5, 0.6) is 0 Å². The van der Waals surface area contributed by atoms with Gasteiger partial charge in [-0.25, -0.2) is 9.07 Å². The topological polar surface area (TPSA) is 102 Å². The fraction of sp³-hybridized carbons (Fsp3) is 0.0870. The number of carbonyl (C=O) groups excluding carboxylic acids is 2. The zero-order valence-electron chi connectivity index (χ0n) is 17.3. The van der Waals surface area contributed by atoms with Crippen molar-refractivity contribution >= 4 is 35.0 Å². The largest absolute Gasteiger partial charge is 0.325 e. The van der Waals surface area contributed by atoms with Crippen molar-refractivity contribution in [2.24, 2.45) is 0 Å². The van der Waals surface area contributed by atoms with Crippen LogP contribution in [0.3, 0.4) is 0 Å². The lowest BCUT2D eigenvalue weighted by Gasteiger charge is -2.11. The second-order valence-electron chi connectivity index (χ2n) is 6.95. The Kier molecular flexibility index (Phi) is 7.06. The van der Waals surface area contributed by atoms with Crippen molar-refractivity contribution in [2.75, 3.05) is 16.4 Å². The van der Waals surface area contributed by atoms with Gasteiger partial charge in [0.2, 0.25) is 11.1 Å². The van der Waals surface area contributed by atoms with Gasteiger partial charge in [0.15, 0.2) is 0 Å². The van der Waals surface area contributed by atoms with E-state index in [4.69, 9.17) is 0 Å². The monoisotopic (exact) mass is 462 g/mol. The first-order valence-electron chi connectivity index (χ1n) is 9.97. The molecule has 3 aromatic carbocycles. The minimum Gasteiger partial charge on any atom is -0.325 e. The number of anilines is 2. The quantitative estimate of drug-likeness (QED) is 0.386. The molecule has 8 nitrogen and oxygen atoms in total. The SMILES string of the molecule is O=C(CSc1nnnn1Cc1ccccc1)Nc1ccccc1C(=O)Nc1ccc(F)cc1. The third-order valence-corrected chi connectivity index (χ3v) is 5.51. The first-order chi connectivity index (χ1) is 16.1. The molecule has 0 aliphatic heterocycles. The molecule has 0 aliphatic carbocycles. The number of carbonyl (C=O) groups is 2. The van der Waals surface area contributed by atoms with E-state index in [9.17, 15) is 14.0 Å². The number of benzene rings is 3. The number of aromatic nitrogens is 4. The first-order valence-corrected chi connectivity index (χ1v) is 11.0. The Morgan fingerprint density at radius 2 is 1.64 bits per heavy atom. The van der Waals surface area contributed by atoms with E-state index >= 15 is 0 Å². The maximum atomic E-state index is 13.1. The number of nitrogens with zero attached hydrogens (tertiary/aromatic N) is 4. The molecule has 1 heterocycles. The van der Waals surface area contributed by atoms with Gasteiger partial charge < -0.3 is 10.6 Å². The molecule has 2 N–H and O–H groups in total.